The zero-order valence-corrected chi connectivity index (χ0v) is 10.8. The number of rotatable bonds is 7. The Hall–Kier alpha value is -0.0800. The minimum absolute atomic E-state index is 0.698. The van der Waals surface area contributed by atoms with E-state index >= 15 is 0 Å². The summed E-state index contributed by atoms with van der Waals surface area (Å²) in [7, 11) is 0. The summed E-state index contributed by atoms with van der Waals surface area (Å²) in [4.78, 5) is 2.61. The Bertz CT molecular complexity index is 159. The van der Waals surface area contributed by atoms with Crippen molar-refractivity contribution < 1.29 is 0 Å². The molecule has 1 aliphatic heterocycles. The zero-order valence-electron chi connectivity index (χ0n) is 10.8. The van der Waals surface area contributed by atoms with E-state index in [1.807, 2.05) is 0 Å². The van der Waals surface area contributed by atoms with Crippen LogP contribution >= 0.6 is 0 Å². The Kier molecular flexibility index (Phi) is 6.26. The minimum atomic E-state index is 0.698. The quantitative estimate of drug-likeness (QED) is 0.698. The topological polar surface area (TPSA) is 15.3 Å². The maximum absolute atomic E-state index is 3.68. The van der Waals surface area contributed by atoms with E-state index in [-0.39, 0.29) is 0 Å². The number of nitrogens with zero attached hydrogens (tertiary/aromatic N) is 1. The maximum Gasteiger partial charge on any atom is 0.0221 e. The standard InChI is InChI=1S/C13H28N2/c1-4-6-8-12(3)14-11-13-9-7-10-15(13)5-2/h12-14H,4-11H2,1-3H3. The molecule has 2 heteroatoms. The fraction of sp³-hybridized carbons (Fsp3) is 1.00. The van der Waals surface area contributed by atoms with Gasteiger partial charge in [-0.15, -0.1) is 0 Å². The van der Waals surface area contributed by atoms with Crippen LogP contribution in [0.3, 0.4) is 0 Å². The predicted molar refractivity (Wildman–Crippen MR) is 67.3 cm³/mol. The fourth-order valence-corrected chi connectivity index (χ4v) is 2.49. The van der Waals surface area contributed by atoms with Crippen molar-refractivity contribution in [3.05, 3.63) is 0 Å². The lowest BCUT2D eigenvalue weighted by Crippen LogP contribution is -2.40. The molecule has 1 fully saturated rings. The summed E-state index contributed by atoms with van der Waals surface area (Å²) in [6, 6.07) is 1.50. The van der Waals surface area contributed by atoms with Crippen molar-refractivity contribution in [2.45, 2.75) is 65.0 Å². The number of hydrogen-bond acceptors (Lipinski definition) is 2. The first-order valence-electron chi connectivity index (χ1n) is 6.75. The molecule has 2 unspecified atom stereocenters. The Balaban J connectivity index is 2.12. The van der Waals surface area contributed by atoms with Gasteiger partial charge in [-0.1, -0.05) is 26.7 Å². The molecular formula is C13H28N2. The smallest absolute Gasteiger partial charge is 0.0221 e. The molecule has 0 amide bonds. The summed E-state index contributed by atoms with van der Waals surface area (Å²) in [5, 5.41) is 3.68. The van der Waals surface area contributed by atoms with E-state index < -0.39 is 0 Å². The molecule has 0 aromatic heterocycles. The first-order valence-corrected chi connectivity index (χ1v) is 6.75. The lowest BCUT2D eigenvalue weighted by atomic mass is 10.1. The van der Waals surface area contributed by atoms with E-state index in [4.69, 9.17) is 0 Å². The van der Waals surface area contributed by atoms with Gasteiger partial charge in [0.2, 0.25) is 0 Å². The maximum atomic E-state index is 3.68. The van der Waals surface area contributed by atoms with Gasteiger partial charge in [0.1, 0.15) is 0 Å². The van der Waals surface area contributed by atoms with Gasteiger partial charge >= 0.3 is 0 Å². The normalized spacial score (nSPS) is 24.6. The molecule has 0 aliphatic carbocycles. The summed E-state index contributed by atoms with van der Waals surface area (Å²) in [6.07, 6.45) is 6.78. The van der Waals surface area contributed by atoms with Crippen molar-refractivity contribution >= 4 is 0 Å². The van der Waals surface area contributed by atoms with Crippen LogP contribution in [0, 0.1) is 0 Å². The Labute approximate surface area is 95.4 Å². The predicted octanol–water partition coefficient (Wildman–Crippen LogP) is 2.64. The molecule has 0 aromatic carbocycles. The summed E-state index contributed by atoms with van der Waals surface area (Å²) in [6.45, 7) is 10.6. The van der Waals surface area contributed by atoms with E-state index in [0.717, 1.165) is 6.04 Å². The van der Waals surface area contributed by atoms with Crippen LogP contribution in [0.15, 0.2) is 0 Å². The van der Waals surface area contributed by atoms with Gasteiger partial charge in [-0.25, -0.2) is 0 Å². The summed E-state index contributed by atoms with van der Waals surface area (Å²) in [5.74, 6) is 0. The van der Waals surface area contributed by atoms with Crippen LogP contribution in [0.2, 0.25) is 0 Å². The molecule has 0 saturated carbocycles. The molecule has 1 rings (SSSR count). The van der Waals surface area contributed by atoms with Crippen LogP contribution in [0.25, 0.3) is 0 Å². The first kappa shape index (κ1) is 13.0. The monoisotopic (exact) mass is 212 g/mol. The zero-order chi connectivity index (χ0) is 11.1. The number of likely N-dealkylation sites (tertiary alicyclic amines) is 1. The summed E-state index contributed by atoms with van der Waals surface area (Å²) < 4.78 is 0. The van der Waals surface area contributed by atoms with Crippen molar-refractivity contribution in [3.63, 3.8) is 0 Å². The largest absolute Gasteiger partial charge is 0.313 e. The van der Waals surface area contributed by atoms with Crippen molar-refractivity contribution in [1.82, 2.24) is 10.2 Å². The molecule has 0 spiro atoms. The molecular weight excluding hydrogens is 184 g/mol. The minimum Gasteiger partial charge on any atom is -0.313 e. The van der Waals surface area contributed by atoms with Crippen LogP contribution in [-0.4, -0.2) is 36.6 Å². The van der Waals surface area contributed by atoms with Gasteiger partial charge < -0.3 is 5.32 Å². The molecule has 0 bridgehead atoms. The highest BCUT2D eigenvalue weighted by Crippen LogP contribution is 2.15. The van der Waals surface area contributed by atoms with Gasteiger partial charge in [-0.05, 0) is 39.3 Å². The molecule has 90 valence electrons. The van der Waals surface area contributed by atoms with Gasteiger partial charge in [0, 0.05) is 18.6 Å². The second-order valence-electron chi connectivity index (χ2n) is 4.88. The van der Waals surface area contributed by atoms with E-state index in [9.17, 15) is 0 Å². The van der Waals surface area contributed by atoms with Crippen molar-refractivity contribution in [2.75, 3.05) is 19.6 Å². The van der Waals surface area contributed by atoms with Crippen LogP contribution < -0.4 is 5.32 Å². The molecule has 1 saturated heterocycles. The molecule has 0 aromatic rings. The second kappa shape index (κ2) is 7.24. The van der Waals surface area contributed by atoms with Crippen molar-refractivity contribution in [2.24, 2.45) is 0 Å². The van der Waals surface area contributed by atoms with Gasteiger partial charge in [0.25, 0.3) is 0 Å². The van der Waals surface area contributed by atoms with Gasteiger partial charge in [0.05, 0.1) is 0 Å². The third kappa shape index (κ3) is 4.52. The second-order valence-corrected chi connectivity index (χ2v) is 4.88. The number of nitrogens with one attached hydrogen (secondary N) is 1. The molecule has 1 aliphatic rings. The van der Waals surface area contributed by atoms with E-state index in [1.54, 1.807) is 0 Å². The van der Waals surface area contributed by atoms with E-state index in [2.05, 4.69) is 31.0 Å². The highest BCUT2D eigenvalue weighted by atomic mass is 15.2. The number of unbranched alkanes of at least 4 members (excludes halogenated alkanes) is 1. The lowest BCUT2D eigenvalue weighted by Gasteiger charge is -2.25. The fourth-order valence-electron chi connectivity index (χ4n) is 2.49. The van der Waals surface area contributed by atoms with Crippen molar-refractivity contribution in [3.8, 4) is 0 Å². The summed E-state index contributed by atoms with van der Waals surface area (Å²) in [5.41, 5.74) is 0. The van der Waals surface area contributed by atoms with Crippen LogP contribution in [-0.2, 0) is 0 Å². The average Bonchev–Trinajstić information content (AvgIpc) is 2.70. The highest BCUT2D eigenvalue weighted by molar-refractivity contribution is 4.80. The molecule has 2 nitrogen and oxygen atoms in total. The first-order chi connectivity index (χ1) is 7.27. The van der Waals surface area contributed by atoms with E-state index in [1.165, 1.54) is 51.7 Å². The number of likely N-dealkylation sites (N-methyl/N-ethyl adjacent to an activating group) is 1. The Morgan fingerprint density at radius 1 is 1.40 bits per heavy atom. The molecule has 1 heterocycles. The molecule has 1 N–H and O–H groups in total. The Morgan fingerprint density at radius 2 is 2.20 bits per heavy atom. The van der Waals surface area contributed by atoms with Crippen LogP contribution in [0.4, 0.5) is 0 Å². The van der Waals surface area contributed by atoms with Gasteiger partial charge in [-0.2, -0.15) is 0 Å². The third-order valence-electron chi connectivity index (χ3n) is 3.60. The average molecular weight is 212 g/mol. The van der Waals surface area contributed by atoms with E-state index in [0.29, 0.717) is 6.04 Å². The molecule has 15 heavy (non-hydrogen) atoms. The van der Waals surface area contributed by atoms with Crippen LogP contribution in [0.1, 0.15) is 52.9 Å². The molecule has 0 radical (unpaired) electrons. The van der Waals surface area contributed by atoms with Crippen LogP contribution in [0.5, 0.6) is 0 Å². The summed E-state index contributed by atoms with van der Waals surface area (Å²) >= 11 is 0. The highest BCUT2D eigenvalue weighted by Gasteiger charge is 2.22. The van der Waals surface area contributed by atoms with Gasteiger partial charge in [0.15, 0.2) is 0 Å². The number of hydrogen-bond donors (Lipinski definition) is 1. The lowest BCUT2D eigenvalue weighted by molar-refractivity contribution is 0.253. The van der Waals surface area contributed by atoms with Gasteiger partial charge in [-0.3, -0.25) is 4.90 Å². The molecule has 2 atom stereocenters. The third-order valence-corrected chi connectivity index (χ3v) is 3.60. The Morgan fingerprint density at radius 3 is 2.87 bits per heavy atom. The SMILES string of the molecule is CCCCC(C)NCC1CCCN1CC. The van der Waals surface area contributed by atoms with Crippen molar-refractivity contribution in [1.29, 1.82) is 0 Å².